The molecule has 1 aromatic rings. The molecule has 1 aromatic heterocycles. The molecule has 1 aliphatic rings. The molecule has 1 heterocycles. The van der Waals surface area contributed by atoms with Crippen LogP contribution in [0.15, 0.2) is 18.3 Å². The lowest BCUT2D eigenvalue weighted by atomic mass is 10.2. The monoisotopic (exact) mass is 177 g/mol. The second-order valence-electron chi connectivity index (χ2n) is 3.56. The molecule has 0 bridgehead atoms. The van der Waals surface area contributed by atoms with E-state index in [-0.39, 0.29) is 0 Å². The van der Waals surface area contributed by atoms with Gasteiger partial charge in [0.15, 0.2) is 0 Å². The van der Waals surface area contributed by atoms with Gasteiger partial charge in [-0.15, -0.1) is 0 Å². The van der Waals surface area contributed by atoms with Crippen molar-refractivity contribution < 1.29 is 0 Å². The number of nitrogens with two attached hydrogens (primary N) is 1. The Hall–Kier alpha value is -1.09. The molecule has 2 rings (SSSR count). The Kier molecular flexibility index (Phi) is 2.45. The van der Waals surface area contributed by atoms with Gasteiger partial charge in [-0.05, 0) is 25.0 Å². The average Bonchev–Trinajstić information content (AvgIpc) is 2.92. The van der Waals surface area contributed by atoms with Crippen molar-refractivity contribution in [3.05, 3.63) is 24.0 Å². The minimum Gasteiger partial charge on any atom is -0.397 e. The summed E-state index contributed by atoms with van der Waals surface area (Å²) >= 11 is 0. The van der Waals surface area contributed by atoms with Crippen molar-refractivity contribution in [3.63, 3.8) is 0 Å². The normalized spacial score (nSPS) is 16.0. The second kappa shape index (κ2) is 3.75. The molecule has 1 saturated carbocycles. The van der Waals surface area contributed by atoms with Gasteiger partial charge in [-0.3, -0.25) is 4.98 Å². The first kappa shape index (κ1) is 8.51. The molecule has 3 heteroatoms. The van der Waals surface area contributed by atoms with Crippen molar-refractivity contribution in [1.29, 1.82) is 0 Å². The summed E-state index contributed by atoms with van der Waals surface area (Å²) in [4.78, 5) is 4.23. The number of hydrogen-bond acceptors (Lipinski definition) is 3. The lowest BCUT2D eigenvalue weighted by Gasteiger charge is -2.02. The number of aromatic nitrogens is 1. The molecule has 0 aromatic carbocycles. The van der Waals surface area contributed by atoms with E-state index >= 15 is 0 Å². The standard InChI is InChI=1S/C10H15N3/c11-8-1-2-10(13-7-8)5-6-12-9-3-4-9/h1-2,7,9,12H,3-6,11H2. The van der Waals surface area contributed by atoms with Crippen LogP contribution in [0.1, 0.15) is 18.5 Å². The summed E-state index contributed by atoms with van der Waals surface area (Å²) in [6, 6.07) is 4.68. The third-order valence-electron chi connectivity index (χ3n) is 2.24. The fraction of sp³-hybridized carbons (Fsp3) is 0.500. The van der Waals surface area contributed by atoms with Crippen molar-refractivity contribution in [2.45, 2.75) is 25.3 Å². The first-order chi connectivity index (χ1) is 6.34. The molecular formula is C10H15N3. The van der Waals surface area contributed by atoms with Gasteiger partial charge in [0.1, 0.15) is 0 Å². The SMILES string of the molecule is Nc1ccc(CCNC2CC2)nc1. The Bertz CT molecular complexity index is 264. The summed E-state index contributed by atoms with van der Waals surface area (Å²) < 4.78 is 0. The number of anilines is 1. The Balaban J connectivity index is 1.76. The van der Waals surface area contributed by atoms with Gasteiger partial charge in [0, 0.05) is 24.7 Å². The van der Waals surface area contributed by atoms with Gasteiger partial charge in [-0.2, -0.15) is 0 Å². The van der Waals surface area contributed by atoms with Gasteiger partial charge >= 0.3 is 0 Å². The van der Waals surface area contributed by atoms with Crippen LogP contribution in [0.3, 0.4) is 0 Å². The van der Waals surface area contributed by atoms with Crippen LogP contribution in [0.25, 0.3) is 0 Å². The van der Waals surface area contributed by atoms with E-state index in [0.29, 0.717) is 0 Å². The lowest BCUT2D eigenvalue weighted by Crippen LogP contribution is -2.19. The van der Waals surface area contributed by atoms with Crippen LogP contribution in [0.4, 0.5) is 5.69 Å². The highest BCUT2D eigenvalue weighted by atomic mass is 14.9. The van der Waals surface area contributed by atoms with Crippen LogP contribution in [0.5, 0.6) is 0 Å². The predicted molar refractivity (Wildman–Crippen MR) is 53.4 cm³/mol. The van der Waals surface area contributed by atoms with Crippen LogP contribution in [0.2, 0.25) is 0 Å². The predicted octanol–water partition coefficient (Wildman–Crippen LogP) is 0.958. The highest BCUT2D eigenvalue weighted by Crippen LogP contribution is 2.18. The van der Waals surface area contributed by atoms with Crippen molar-refractivity contribution in [2.24, 2.45) is 0 Å². The average molecular weight is 177 g/mol. The fourth-order valence-corrected chi connectivity index (χ4v) is 1.28. The minimum atomic E-state index is 0.735. The quantitative estimate of drug-likeness (QED) is 0.720. The highest BCUT2D eigenvalue weighted by molar-refractivity contribution is 5.34. The number of nitrogens with zero attached hydrogens (tertiary/aromatic N) is 1. The summed E-state index contributed by atoms with van der Waals surface area (Å²) in [5.41, 5.74) is 7.38. The third-order valence-corrected chi connectivity index (χ3v) is 2.24. The molecule has 0 amide bonds. The van der Waals surface area contributed by atoms with E-state index in [9.17, 15) is 0 Å². The van der Waals surface area contributed by atoms with Gasteiger partial charge in [-0.1, -0.05) is 0 Å². The Morgan fingerprint density at radius 1 is 1.46 bits per heavy atom. The summed E-state index contributed by atoms with van der Waals surface area (Å²) in [5, 5.41) is 3.45. The van der Waals surface area contributed by atoms with Crippen molar-refractivity contribution in [2.75, 3.05) is 12.3 Å². The maximum absolute atomic E-state index is 5.54. The number of hydrogen-bond donors (Lipinski definition) is 2. The van der Waals surface area contributed by atoms with Gasteiger partial charge < -0.3 is 11.1 Å². The minimum absolute atomic E-state index is 0.735. The van der Waals surface area contributed by atoms with Gasteiger partial charge in [0.2, 0.25) is 0 Å². The first-order valence-electron chi connectivity index (χ1n) is 4.78. The van der Waals surface area contributed by atoms with E-state index in [1.807, 2.05) is 12.1 Å². The molecule has 0 saturated heterocycles. The maximum Gasteiger partial charge on any atom is 0.0501 e. The number of nitrogens with one attached hydrogen (secondary N) is 1. The first-order valence-corrected chi connectivity index (χ1v) is 4.78. The number of nitrogen functional groups attached to an aromatic ring is 1. The molecule has 0 atom stereocenters. The van der Waals surface area contributed by atoms with Crippen molar-refractivity contribution in [1.82, 2.24) is 10.3 Å². The van der Waals surface area contributed by atoms with E-state index in [1.165, 1.54) is 12.8 Å². The van der Waals surface area contributed by atoms with Crippen molar-refractivity contribution in [3.8, 4) is 0 Å². The zero-order valence-electron chi connectivity index (χ0n) is 7.66. The summed E-state index contributed by atoms with van der Waals surface area (Å²) in [6.45, 7) is 1.03. The van der Waals surface area contributed by atoms with Crippen LogP contribution in [0, 0.1) is 0 Å². The number of rotatable bonds is 4. The highest BCUT2D eigenvalue weighted by Gasteiger charge is 2.19. The van der Waals surface area contributed by atoms with Gasteiger partial charge in [0.05, 0.1) is 11.9 Å². The largest absolute Gasteiger partial charge is 0.397 e. The van der Waals surface area contributed by atoms with Crippen LogP contribution < -0.4 is 11.1 Å². The molecule has 3 nitrogen and oxygen atoms in total. The molecule has 70 valence electrons. The molecule has 0 radical (unpaired) electrons. The second-order valence-corrected chi connectivity index (χ2v) is 3.56. The molecule has 1 fully saturated rings. The Labute approximate surface area is 78.4 Å². The molecule has 13 heavy (non-hydrogen) atoms. The summed E-state index contributed by atoms with van der Waals surface area (Å²) in [7, 11) is 0. The molecule has 0 unspecified atom stereocenters. The topological polar surface area (TPSA) is 50.9 Å². The summed E-state index contributed by atoms with van der Waals surface area (Å²) in [5.74, 6) is 0. The lowest BCUT2D eigenvalue weighted by molar-refractivity contribution is 0.675. The van der Waals surface area contributed by atoms with Crippen molar-refractivity contribution >= 4 is 5.69 Å². The Morgan fingerprint density at radius 2 is 2.31 bits per heavy atom. The van der Waals surface area contributed by atoms with E-state index in [4.69, 9.17) is 5.73 Å². The third kappa shape index (κ3) is 2.70. The van der Waals surface area contributed by atoms with Gasteiger partial charge in [-0.25, -0.2) is 0 Å². The van der Waals surface area contributed by atoms with E-state index in [2.05, 4.69) is 10.3 Å². The molecule has 3 N–H and O–H groups in total. The molecular weight excluding hydrogens is 162 g/mol. The van der Waals surface area contributed by atoms with Gasteiger partial charge in [0.25, 0.3) is 0 Å². The van der Waals surface area contributed by atoms with Crippen LogP contribution in [-0.4, -0.2) is 17.6 Å². The Morgan fingerprint density at radius 3 is 2.92 bits per heavy atom. The van der Waals surface area contributed by atoms with E-state index in [0.717, 1.165) is 30.4 Å². The van der Waals surface area contributed by atoms with E-state index < -0.39 is 0 Å². The smallest absolute Gasteiger partial charge is 0.0501 e. The van der Waals surface area contributed by atoms with Crippen LogP contribution in [-0.2, 0) is 6.42 Å². The zero-order valence-corrected chi connectivity index (χ0v) is 7.66. The zero-order chi connectivity index (χ0) is 9.10. The molecule has 0 aliphatic heterocycles. The molecule has 1 aliphatic carbocycles. The maximum atomic E-state index is 5.54. The van der Waals surface area contributed by atoms with E-state index in [1.54, 1.807) is 6.20 Å². The summed E-state index contributed by atoms with van der Waals surface area (Å²) in [6.07, 6.45) is 5.40. The fourth-order valence-electron chi connectivity index (χ4n) is 1.28. The van der Waals surface area contributed by atoms with Crippen LogP contribution >= 0.6 is 0 Å². The molecule has 0 spiro atoms. The number of pyridine rings is 1.